The highest BCUT2D eigenvalue weighted by Gasteiger charge is 2.21. The van der Waals surface area contributed by atoms with Gasteiger partial charge < -0.3 is 5.32 Å². The standard InChI is InChI=1S/C11H14FN/c1-8-3-2-4-10(12)11(8)9-5-6-13-7-9/h2-4,9,13H,5-7H2,1H3. The van der Waals surface area contributed by atoms with Crippen molar-refractivity contribution in [3.05, 3.63) is 35.1 Å². The van der Waals surface area contributed by atoms with Crippen molar-refractivity contribution in [2.45, 2.75) is 19.3 Å². The smallest absolute Gasteiger partial charge is 0.126 e. The van der Waals surface area contributed by atoms with Crippen LogP contribution in [0.4, 0.5) is 4.39 Å². The number of hydrogen-bond donors (Lipinski definition) is 1. The van der Waals surface area contributed by atoms with Gasteiger partial charge in [-0.1, -0.05) is 12.1 Å². The normalized spacial score (nSPS) is 22.2. The van der Waals surface area contributed by atoms with E-state index >= 15 is 0 Å². The molecule has 1 N–H and O–H groups in total. The second kappa shape index (κ2) is 3.46. The lowest BCUT2D eigenvalue weighted by atomic mass is 9.94. The Balaban J connectivity index is 2.37. The highest BCUT2D eigenvalue weighted by atomic mass is 19.1. The topological polar surface area (TPSA) is 12.0 Å². The number of halogens is 1. The first-order chi connectivity index (χ1) is 6.29. The monoisotopic (exact) mass is 179 g/mol. The van der Waals surface area contributed by atoms with Crippen molar-refractivity contribution in [3.8, 4) is 0 Å². The summed E-state index contributed by atoms with van der Waals surface area (Å²) in [6.07, 6.45) is 1.06. The van der Waals surface area contributed by atoms with Gasteiger partial charge in [-0.2, -0.15) is 0 Å². The van der Waals surface area contributed by atoms with E-state index in [2.05, 4.69) is 5.32 Å². The minimum absolute atomic E-state index is 0.0475. The molecule has 1 aromatic rings. The van der Waals surface area contributed by atoms with Gasteiger partial charge >= 0.3 is 0 Å². The van der Waals surface area contributed by atoms with Crippen LogP contribution in [0.5, 0.6) is 0 Å². The predicted molar refractivity (Wildman–Crippen MR) is 51.4 cm³/mol. The number of rotatable bonds is 1. The number of benzene rings is 1. The van der Waals surface area contributed by atoms with Gasteiger partial charge in [-0.3, -0.25) is 0 Å². The molecule has 1 heterocycles. The first kappa shape index (κ1) is 8.70. The molecule has 0 amide bonds. The summed E-state index contributed by atoms with van der Waals surface area (Å²) in [5.74, 6) is 0.329. The molecule has 0 bridgehead atoms. The SMILES string of the molecule is Cc1cccc(F)c1C1CCNC1. The number of hydrogen-bond acceptors (Lipinski definition) is 1. The van der Waals surface area contributed by atoms with Crippen molar-refractivity contribution in [2.75, 3.05) is 13.1 Å². The quantitative estimate of drug-likeness (QED) is 0.697. The summed E-state index contributed by atoms with van der Waals surface area (Å²) in [5, 5.41) is 3.26. The lowest BCUT2D eigenvalue weighted by molar-refractivity contribution is 0.585. The van der Waals surface area contributed by atoms with E-state index in [9.17, 15) is 4.39 Å². The van der Waals surface area contributed by atoms with E-state index in [0.717, 1.165) is 30.6 Å². The Morgan fingerprint density at radius 1 is 1.46 bits per heavy atom. The molecular weight excluding hydrogens is 165 g/mol. The summed E-state index contributed by atoms with van der Waals surface area (Å²) in [6.45, 7) is 3.91. The maximum Gasteiger partial charge on any atom is 0.126 e. The predicted octanol–water partition coefficient (Wildman–Crippen LogP) is 2.21. The van der Waals surface area contributed by atoms with Crippen LogP contribution in [0, 0.1) is 12.7 Å². The average Bonchev–Trinajstić information content (AvgIpc) is 2.57. The van der Waals surface area contributed by atoms with Crippen LogP contribution in [0.1, 0.15) is 23.5 Å². The Hall–Kier alpha value is -0.890. The second-order valence-corrected chi connectivity index (χ2v) is 3.66. The molecule has 1 unspecified atom stereocenters. The van der Waals surface area contributed by atoms with Gasteiger partial charge in [0.1, 0.15) is 5.82 Å². The molecule has 13 heavy (non-hydrogen) atoms. The molecule has 1 aliphatic rings. The zero-order valence-corrected chi connectivity index (χ0v) is 7.81. The van der Waals surface area contributed by atoms with Gasteiger partial charge in [0, 0.05) is 12.5 Å². The summed E-state index contributed by atoms with van der Waals surface area (Å²) >= 11 is 0. The fraction of sp³-hybridized carbons (Fsp3) is 0.455. The minimum Gasteiger partial charge on any atom is -0.316 e. The average molecular weight is 179 g/mol. The van der Waals surface area contributed by atoms with Crippen LogP contribution in [-0.2, 0) is 0 Å². The summed E-state index contributed by atoms with van der Waals surface area (Å²) in [6, 6.07) is 5.31. The van der Waals surface area contributed by atoms with Crippen molar-refractivity contribution in [2.24, 2.45) is 0 Å². The molecule has 1 nitrogen and oxygen atoms in total. The summed E-state index contributed by atoms with van der Waals surface area (Å²) in [5.41, 5.74) is 1.99. The van der Waals surface area contributed by atoms with Crippen LogP contribution in [0.3, 0.4) is 0 Å². The lowest BCUT2D eigenvalue weighted by Gasteiger charge is -2.12. The largest absolute Gasteiger partial charge is 0.316 e. The zero-order valence-electron chi connectivity index (χ0n) is 7.81. The summed E-state index contributed by atoms with van der Waals surface area (Å²) < 4.78 is 13.5. The van der Waals surface area contributed by atoms with Gasteiger partial charge in [-0.25, -0.2) is 4.39 Å². The van der Waals surface area contributed by atoms with E-state index in [1.165, 1.54) is 0 Å². The van der Waals surface area contributed by atoms with Gasteiger partial charge in [0.15, 0.2) is 0 Å². The van der Waals surface area contributed by atoms with Crippen LogP contribution in [-0.4, -0.2) is 13.1 Å². The Bertz CT molecular complexity index is 283. The van der Waals surface area contributed by atoms with E-state index in [4.69, 9.17) is 0 Å². The van der Waals surface area contributed by atoms with E-state index in [1.54, 1.807) is 12.1 Å². The maximum atomic E-state index is 13.5. The van der Waals surface area contributed by atoms with Gasteiger partial charge in [-0.15, -0.1) is 0 Å². The second-order valence-electron chi connectivity index (χ2n) is 3.66. The number of nitrogens with one attached hydrogen (secondary N) is 1. The molecule has 2 rings (SSSR count). The first-order valence-electron chi connectivity index (χ1n) is 4.75. The zero-order chi connectivity index (χ0) is 9.26. The van der Waals surface area contributed by atoms with Gasteiger partial charge in [0.2, 0.25) is 0 Å². The third-order valence-electron chi connectivity index (χ3n) is 2.74. The van der Waals surface area contributed by atoms with Crippen LogP contribution < -0.4 is 5.32 Å². The van der Waals surface area contributed by atoms with E-state index < -0.39 is 0 Å². The molecule has 0 aromatic heterocycles. The molecule has 1 atom stereocenters. The first-order valence-corrected chi connectivity index (χ1v) is 4.75. The van der Waals surface area contributed by atoms with Crippen LogP contribution >= 0.6 is 0 Å². The van der Waals surface area contributed by atoms with Crippen molar-refractivity contribution < 1.29 is 4.39 Å². The van der Waals surface area contributed by atoms with E-state index in [0.29, 0.717) is 5.92 Å². The van der Waals surface area contributed by atoms with Gasteiger partial charge in [-0.05, 0) is 37.1 Å². The molecule has 1 saturated heterocycles. The van der Waals surface area contributed by atoms with E-state index in [-0.39, 0.29) is 5.82 Å². The maximum absolute atomic E-state index is 13.5. The number of aryl methyl sites for hydroxylation is 1. The molecule has 1 fully saturated rings. The molecule has 2 heteroatoms. The molecule has 1 aliphatic heterocycles. The molecule has 0 spiro atoms. The Kier molecular flexibility index (Phi) is 2.32. The third-order valence-corrected chi connectivity index (χ3v) is 2.74. The molecule has 0 radical (unpaired) electrons. The minimum atomic E-state index is -0.0475. The molecular formula is C11H14FN. The van der Waals surface area contributed by atoms with Crippen LogP contribution in [0.15, 0.2) is 18.2 Å². The molecule has 0 saturated carbocycles. The van der Waals surface area contributed by atoms with Gasteiger partial charge in [0.05, 0.1) is 0 Å². The van der Waals surface area contributed by atoms with Crippen LogP contribution in [0.2, 0.25) is 0 Å². The van der Waals surface area contributed by atoms with E-state index in [1.807, 2.05) is 13.0 Å². The molecule has 70 valence electrons. The summed E-state index contributed by atoms with van der Waals surface area (Å²) in [7, 11) is 0. The Morgan fingerprint density at radius 3 is 2.92 bits per heavy atom. The Labute approximate surface area is 78.0 Å². The fourth-order valence-electron chi connectivity index (χ4n) is 2.06. The lowest BCUT2D eigenvalue weighted by Crippen LogP contribution is -2.09. The van der Waals surface area contributed by atoms with Gasteiger partial charge in [0.25, 0.3) is 0 Å². The molecule has 1 aromatic carbocycles. The van der Waals surface area contributed by atoms with Crippen molar-refractivity contribution in [3.63, 3.8) is 0 Å². The molecule has 0 aliphatic carbocycles. The third kappa shape index (κ3) is 1.59. The van der Waals surface area contributed by atoms with Crippen molar-refractivity contribution >= 4 is 0 Å². The van der Waals surface area contributed by atoms with Crippen molar-refractivity contribution in [1.82, 2.24) is 5.32 Å². The van der Waals surface area contributed by atoms with Crippen molar-refractivity contribution in [1.29, 1.82) is 0 Å². The highest BCUT2D eigenvalue weighted by Crippen LogP contribution is 2.27. The summed E-state index contributed by atoms with van der Waals surface area (Å²) in [4.78, 5) is 0. The Morgan fingerprint density at radius 2 is 2.31 bits per heavy atom. The van der Waals surface area contributed by atoms with Crippen LogP contribution in [0.25, 0.3) is 0 Å². The highest BCUT2D eigenvalue weighted by molar-refractivity contribution is 5.31. The fourth-order valence-corrected chi connectivity index (χ4v) is 2.06.